The summed E-state index contributed by atoms with van der Waals surface area (Å²) in [5.74, 6) is 0.708. The Morgan fingerprint density at radius 1 is 1.11 bits per heavy atom. The highest BCUT2D eigenvalue weighted by Crippen LogP contribution is 2.27. The Balaban J connectivity index is 1.61. The van der Waals surface area contributed by atoms with Crippen molar-refractivity contribution in [3.8, 4) is 23.1 Å². The van der Waals surface area contributed by atoms with E-state index < -0.39 is 5.95 Å². The van der Waals surface area contributed by atoms with Crippen molar-refractivity contribution in [2.24, 2.45) is 0 Å². The lowest BCUT2D eigenvalue weighted by molar-refractivity contribution is 0.327. The number of hydrogen-bond donors (Lipinski definition) is 2. The van der Waals surface area contributed by atoms with Crippen molar-refractivity contribution in [1.82, 2.24) is 24.9 Å². The van der Waals surface area contributed by atoms with Crippen LogP contribution in [0.2, 0.25) is 0 Å². The summed E-state index contributed by atoms with van der Waals surface area (Å²) in [4.78, 5) is 19.7. The minimum atomic E-state index is -0.697. The Labute approximate surface area is 159 Å². The van der Waals surface area contributed by atoms with E-state index in [1.807, 2.05) is 6.92 Å². The molecule has 0 unspecified atom stereocenters. The summed E-state index contributed by atoms with van der Waals surface area (Å²) < 4.78 is 25.2. The fourth-order valence-corrected chi connectivity index (χ4v) is 2.70. The van der Waals surface area contributed by atoms with Gasteiger partial charge in [-0.15, -0.1) is 0 Å². The van der Waals surface area contributed by atoms with Gasteiger partial charge in [-0.25, -0.2) is 15.0 Å². The molecular weight excluding hydrogens is 363 g/mol. The number of aromatic nitrogens is 5. The van der Waals surface area contributed by atoms with E-state index in [0.717, 1.165) is 5.39 Å². The Kier molecular flexibility index (Phi) is 4.71. The third-order valence-corrected chi connectivity index (χ3v) is 3.96. The first-order chi connectivity index (χ1) is 13.7. The minimum absolute atomic E-state index is 0.171. The van der Waals surface area contributed by atoms with Gasteiger partial charge in [0.15, 0.2) is 5.82 Å². The number of nitrogens with zero attached hydrogens (tertiary/aromatic N) is 4. The molecule has 4 heterocycles. The molecule has 0 atom stereocenters. The van der Waals surface area contributed by atoms with Crippen LogP contribution in [0.15, 0.2) is 42.7 Å². The molecule has 0 bridgehead atoms. The average molecular weight is 380 g/mol. The number of rotatable bonds is 6. The van der Waals surface area contributed by atoms with Crippen molar-refractivity contribution in [1.29, 1.82) is 0 Å². The molecule has 0 aliphatic carbocycles. The second kappa shape index (κ2) is 7.47. The number of H-pyrrole nitrogens is 1. The van der Waals surface area contributed by atoms with Gasteiger partial charge in [0.25, 0.3) is 0 Å². The first-order valence-corrected chi connectivity index (χ1v) is 8.60. The molecular formula is C19H17FN6O2. The standard InChI is InChI=1S/C19H17FN6O2/c1-3-28-15-7-4-11(10-22-15)23-14-6-5-12(16(20)24-14)18-25-17-13(8-9-21-17)19(26-18)27-2/h4-10H,3H2,1-2H3,(H,23,24)(H,21,25,26). The Hall–Kier alpha value is -3.75. The SMILES string of the molecule is CCOc1ccc(Nc2ccc(-c3nc(OC)c4cc[nH]c4n3)c(F)n2)cn1. The van der Waals surface area contributed by atoms with Gasteiger partial charge >= 0.3 is 0 Å². The minimum Gasteiger partial charge on any atom is -0.480 e. The maximum atomic E-state index is 14.6. The Morgan fingerprint density at radius 3 is 2.71 bits per heavy atom. The molecule has 0 aliphatic heterocycles. The second-order valence-electron chi connectivity index (χ2n) is 5.77. The maximum Gasteiger partial charge on any atom is 0.226 e. The Bertz CT molecular complexity index is 1110. The highest BCUT2D eigenvalue weighted by atomic mass is 19.1. The molecule has 4 rings (SSSR count). The number of aromatic amines is 1. The van der Waals surface area contributed by atoms with Crippen LogP contribution >= 0.6 is 0 Å². The van der Waals surface area contributed by atoms with Crippen LogP contribution in [0.1, 0.15) is 6.92 Å². The highest BCUT2D eigenvalue weighted by Gasteiger charge is 2.15. The molecule has 0 saturated heterocycles. The van der Waals surface area contributed by atoms with Crippen LogP contribution in [0, 0.1) is 5.95 Å². The first kappa shape index (κ1) is 17.7. The molecule has 0 saturated carbocycles. The van der Waals surface area contributed by atoms with Gasteiger partial charge in [-0.1, -0.05) is 0 Å². The lowest BCUT2D eigenvalue weighted by Crippen LogP contribution is -2.01. The maximum absolute atomic E-state index is 14.6. The zero-order valence-corrected chi connectivity index (χ0v) is 15.2. The summed E-state index contributed by atoms with van der Waals surface area (Å²) in [7, 11) is 1.50. The number of hydrogen-bond acceptors (Lipinski definition) is 7. The van der Waals surface area contributed by atoms with Crippen LogP contribution in [0.3, 0.4) is 0 Å². The van der Waals surface area contributed by atoms with Crippen LogP contribution in [0.5, 0.6) is 11.8 Å². The third kappa shape index (κ3) is 3.41. The number of anilines is 2. The van der Waals surface area contributed by atoms with E-state index in [9.17, 15) is 4.39 Å². The quantitative estimate of drug-likeness (QED) is 0.492. The third-order valence-electron chi connectivity index (χ3n) is 3.96. The number of fused-ring (bicyclic) bond motifs is 1. The molecule has 0 aliphatic rings. The van der Waals surface area contributed by atoms with Gasteiger partial charge in [0.05, 0.1) is 36.6 Å². The van der Waals surface area contributed by atoms with Gasteiger partial charge < -0.3 is 19.8 Å². The molecule has 4 aromatic heterocycles. The van der Waals surface area contributed by atoms with Crippen LogP contribution in [-0.4, -0.2) is 38.6 Å². The molecule has 8 nitrogen and oxygen atoms in total. The van der Waals surface area contributed by atoms with Gasteiger partial charge in [0.2, 0.25) is 17.7 Å². The number of methoxy groups -OCH3 is 1. The predicted molar refractivity (Wildman–Crippen MR) is 102 cm³/mol. The summed E-state index contributed by atoms with van der Waals surface area (Å²) in [6.45, 7) is 2.42. The van der Waals surface area contributed by atoms with Gasteiger partial charge in [-0.3, -0.25) is 0 Å². The van der Waals surface area contributed by atoms with Crippen molar-refractivity contribution >= 4 is 22.5 Å². The smallest absolute Gasteiger partial charge is 0.226 e. The van der Waals surface area contributed by atoms with Crippen LogP contribution < -0.4 is 14.8 Å². The number of ether oxygens (including phenoxy) is 2. The van der Waals surface area contributed by atoms with E-state index in [1.54, 1.807) is 42.7 Å². The summed E-state index contributed by atoms with van der Waals surface area (Å²) in [6, 6.07) is 8.51. The summed E-state index contributed by atoms with van der Waals surface area (Å²) >= 11 is 0. The molecule has 142 valence electrons. The fraction of sp³-hybridized carbons (Fsp3) is 0.158. The lowest BCUT2D eigenvalue weighted by Gasteiger charge is -2.09. The number of pyridine rings is 2. The number of nitrogens with one attached hydrogen (secondary N) is 2. The average Bonchev–Trinajstić information content (AvgIpc) is 3.18. The zero-order chi connectivity index (χ0) is 19.5. The van der Waals surface area contributed by atoms with Gasteiger partial charge in [0, 0.05) is 12.3 Å². The molecule has 0 radical (unpaired) electrons. The summed E-state index contributed by atoms with van der Waals surface area (Å²) in [6.07, 6.45) is 3.31. The molecule has 28 heavy (non-hydrogen) atoms. The van der Waals surface area contributed by atoms with Crippen LogP contribution in [0.4, 0.5) is 15.9 Å². The monoisotopic (exact) mass is 380 g/mol. The lowest BCUT2D eigenvalue weighted by atomic mass is 10.2. The van der Waals surface area contributed by atoms with Crippen molar-refractivity contribution < 1.29 is 13.9 Å². The second-order valence-corrected chi connectivity index (χ2v) is 5.77. The summed E-state index contributed by atoms with van der Waals surface area (Å²) in [5, 5.41) is 3.72. The molecule has 9 heteroatoms. The number of halogens is 1. The van der Waals surface area contributed by atoms with Crippen LogP contribution in [-0.2, 0) is 0 Å². The van der Waals surface area contributed by atoms with Gasteiger partial charge in [-0.05, 0) is 31.2 Å². The Morgan fingerprint density at radius 2 is 2.00 bits per heavy atom. The highest BCUT2D eigenvalue weighted by molar-refractivity contribution is 5.82. The van der Waals surface area contributed by atoms with E-state index in [2.05, 4.69) is 30.2 Å². The fourth-order valence-electron chi connectivity index (χ4n) is 2.70. The van der Waals surface area contributed by atoms with E-state index >= 15 is 0 Å². The molecule has 0 aromatic carbocycles. The van der Waals surface area contributed by atoms with Crippen molar-refractivity contribution in [2.75, 3.05) is 19.0 Å². The van der Waals surface area contributed by atoms with Gasteiger partial charge in [-0.2, -0.15) is 9.37 Å². The topological polar surface area (TPSA) is 97.8 Å². The normalized spacial score (nSPS) is 10.8. The predicted octanol–water partition coefficient (Wildman–Crippen LogP) is 3.70. The zero-order valence-electron chi connectivity index (χ0n) is 15.2. The molecule has 2 N–H and O–H groups in total. The van der Waals surface area contributed by atoms with Crippen molar-refractivity contribution in [2.45, 2.75) is 6.92 Å². The molecule has 0 spiro atoms. The largest absolute Gasteiger partial charge is 0.480 e. The summed E-state index contributed by atoms with van der Waals surface area (Å²) in [5.41, 5.74) is 1.39. The van der Waals surface area contributed by atoms with E-state index in [0.29, 0.717) is 35.5 Å². The van der Waals surface area contributed by atoms with Crippen molar-refractivity contribution in [3.05, 3.63) is 48.7 Å². The molecule has 0 fully saturated rings. The first-order valence-electron chi connectivity index (χ1n) is 8.60. The van der Waals surface area contributed by atoms with Gasteiger partial charge in [0.1, 0.15) is 11.5 Å². The van der Waals surface area contributed by atoms with Crippen LogP contribution in [0.25, 0.3) is 22.4 Å². The van der Waals surface area contributed by atoms with Crippen molar-refractivity contribution in [3.63, 3.8) is 0 Å². The molecule has 4 aromatic rings. The van der Waals surface area contributed by atoms with E-state index in [-0.39, 0.29) is 11.4 Å². The van der Waals surface area contributed by atoms with E-state index in [4.69, 9.17) is 9.47 Å². The molecule has 0 amide bonds. The van der Waals surface area contributed by atoms with E-state index in [1.165, 1.54) is 7.11 Å².